The van der Waals surface area contributed by atoms with Crippen molar-refractivity contribution in [3.63, 3.8) is 0 Å². The first-order chi connectivity index (χ1) is 12.2. The number of carbonyl (C=O) groups excluding carboxylic acids is 1. The van der Waals surface area contributed by atoms with Crippen molar-refractivity contribution in [3.8, 4) is 5.69 Å². The monoisotopic (exact) mass is 373 g/mol. The predicted octanol–water partition coefficient (Wildman–Crippen LogP) is 3.40. The van der Waals surface area contributed by atoms with Crippen LogP contribution in [0.25, 0.3) is 5.69 Å². The summed E-state index contributed by atoms with van der Waals surface area (Å²) in [5.41, 5.74) is 1.12. The quantitative estimate of drug-likeness (QED) is 0.705. The van der Waals surface area contributed by atoms with Gasteiger partial charge in [0.1, 0.15) is 0 Å². The Balaban J connectivity index is 1.51. The molecule has 0 bridgehead atoms. The minimum atomic E-state index is -0.0884. The number of halogens is 1. The molecule has 128 valence electrons. The van der Waals surface area contributed by atoms with Gasteiger partial charge in [-0.1, -0.05) is 22.9 Å². The summed E-state index contributed by atoms with van der Waals surface area (Å²) < 4.78 is 1.57. The van der Waals surface area contributed by atoms with Crippen molar-refractivity contribution >= 4 is 28.8 Å². The van der Waals surface area contributed by atoms with Gasteiger partial charge in [0.25, 0.3) is 5.91 Å². The summed E-state index contributed by atoms with van der Waals surface area (Å²) in [6.45, 7) is 1.42. The van der Waals surface area contributed by atoms with Gasteiger partial charge in [0.15, 0.2) is 5.69 Å². The van der Waals surface area contributed by atoms with E-state index in [4.69, 9.17) is 11.6 Å². The fraction of sp³-hybridized carbons (Fsp3) is 0.294. The van der Waals surface area contributed by atoms with Crippen LogP contribution in [0.2, 0.25) is 5.02 Å². The molecule has 1 aliphatic heterocycles. The van der Waals surface area contributed by atoms with Crippen molar-refractivity contribution < 1.29 is 4.79 Å². The molecule has 1 aromatic carbocycles. The molecule has 25 heavy (non-hydrogen) atoms. The highest BCUT2D eigenvalue weighted by atomic mass is 35.5. The predicted molar refractivity (Wildman–Crippen MR) is 96.4 cm³/mol. The summed E-state index contributed by atoms with van der Waals surface area (Å²) in [5.74, 6) is 0.218. The Labute approximate surface area is 154 Å². The lowest BCUT2D eigenvalue weighted by atomic mass is 9.98. The molecule has 3 aromatic rings. The zero-order valence-electron chi connectivity index (χ0n) is 13.4. The molecule has 1 aliphatic rings. The Morgan fingerprint density at radius 2 is 2.28 bits per heavy atom. The molecule has 1 saturated heterocycles. The summed E-state index contributed by atoms with van der Waals surface area (Å²) >= 11 is 7.66. The van der Waals surface area contributed by atoms with Crippen molar-refractivity contribution in [2.24, 2.45) is 0 Å². The zero-order chi connectivity index (χ0) is 17.2. The van der Waals surface area contributed by atoms with E-state index in [0.29, 0.717) is 23.2 Å². The summed E-state index contributed by atoms with van der Waals surface area (Å²) in [7, 11) is 0. The Morgan fingerprint density at radius 3 is 3.08 bits per heavy atom. The first kappa shape index (κ1) is 16.2. The number of hydrogen-bond acceptors (Lipinski definition) is 5. The van der Waals surface area contributed by atoms with Crippen LogP contribution in [-0.4, -0.2) is 43.9 Å². The first-order valence-corrected chi connectivity index (χ1v) is 9.33. The molecule has 1 amide bonds. The van der Waals surface area contributed by atoms with Crippen molar-refractivity contribution in [2.45, 2.75) is 18.8 Å². The van der Waals surface area contributed by atoms with Gasteiger partial charge in [0, 0.05) is 35.6 Å². The second-order valence-corrected chi connectivity index (χ2v) is 7.35. The Hall–Kier alpha value is -2.25. The SMILES string of the molecule is O=C(c1cn(-c2cccc(Cl)c2)nn1)N1CCCC(c2nccs2)C1. The lowest BCUT2D eigenvalue weighted by Crippen LogP contribution is -2.39. The van der Waals surface area contributed by atoms with Crippen LogP contribution in [0.4, 0.5) is 0 Å². The second-order valence-electron chi connectivity index (χ2n) is 5.99. The van der Waals surface area contributed by atoms with Crippen molar-refractivity contribution in [1.29, 1.82) is 0 Å². The smallest absolute Gasteiger partial charge is 0.276 e. The molecule has 0 spiro atoms. The van der Waals surface area contributed by atoms with Crippen LogP contribution in [-0.2, 0) is 0 Å². The molecular formula is C17H16ClN5OS. The highest BCUT2D eigenvalue weighted by Gasteiger charge is 2.28. The number of rotatable bonds is 3. The van der Waals surface area contributed by atoms with E-state index in [2.05, 4.69) is 15.3 Å². The third-order valence-corrected chi connectivity index (χ3v) is 5.47. The standard InChI is InChI=1S/C17H16ClN5OS/c18-13-4-1-5-14(9-13)23-11-15(20-21-23)17(24)22-7-2-3-12(10-22)16-19-6-8-25-16/h1,4-6,8-9,11-12H,2-3,7,10H2. The van der Waals surface area contributed by atoms with Crippen LogP contribution in [0.5, 0.6) is 0 Å². The molecule has 1 atom stereocenters. The van der Waals surface area contributed by atoms with Crippen LogP contribution in [0.1, 0.15) is 34.3 Å². The number of amides is 1. The largest absolute Gasteiger partial charge is 0.336 e. The first-order valence-electron chi connectivity index (χ1n) is 8.07. The number of nitrogens with zero attached hydrogens (tertiary/aromatic N) is 5. The van der Waals surface area contributed by atoms with Crippen molar-refractivity contribution in [2.75, 3.05) is 13.1 Å². The number of thiazole rings is 1. The van der Waals surface area contributed by atoms with Crippen molar-refractivity contribution in [1.82, 2.24) is 24.9 Å². The molecule has 0 saturated carbocycles. The molecule has 2 aromatic heterocycles. The minimum Gasteiger partial charge on any atom is -0.336 e. The maximum atomic E-state index is 12.8. The van der Waals surface area contributed by atoms with Crippen LogP contribution < -0.4 is 0 Å². The molecule has 8 heteroatoms. The average molecular weight is 374 g/mol. The fourth-order valence-corrected chi connectivity index (χ4v) is 4.02. The van der Waals surface area contributed by atoms with E-state index in [1.807, 2.05) is 28.6 Å². The van der Waals surface area contributed by atoms with E-state index in [1.54, 1.807) is 34.3 Å². The third kappa shape index (κ3) is 3.43. The lowest BCUT2D eigenvalue weighted by molar-refractivity contribution is 0.0701. The van der Waals surface area contributed by atoms with Gasteiger partial charge in [-0.05, 0) is 31.0 Å². The molecule has 1 unspecified atom stereocenters. The molecular weight excluding hydrogens is 358 g/mol. The fourth-order valence-electron chi connectivity index (χ4n) is 3.07. The minimum absolute atomic E-state index is 0.0884. The zero-order valence-corrected chi connectivity index (χ0v) is 15.0. The molecule has 1 fully saturated rings. The van der Waals surface area contributed by atoms with E-state index < -0.39 is 0 Å². The Bertz CT molecular complexity index is 879. The number of likely N-dealkylation sites (tertiary alicyclic amines) is 1. The molecule has 3 heterocycles. The Morgan fingerprint density at radius 1 is 1.36 bits per heavy atom. The highest BCUT2D eigenvalue weighted by molar-refractivity contribution is 7.09. The summed E-state index contributed by atoms with van der Waals surface area (Å²) in [6, 6.07) is 7.28. The van der Waals surface area contributed by atoms with Gasteiger partial charge >= 0.3 is 0 Å². The van der Waals surface area contributed by atoms with E-state index >= 15 is 0 Å². The van der Waals surface area contributed by atoms with E-state index in [0.717, 1.165) is 30.1 Å². The second kappa shape index (κ2) is 6.93. The van der Waals surface area contributed by atoms with Crippen LogP contribution in [0.15, 0.2) is 42.0 Å². The summed E-state index contributed by atoms with van der Waals surface area (Å²) in [4.78, 5) is 19.0. The lowest BCUT2D eigenvalue weighted by Gasteiger charge is -2.31. The number of piperidine rings is 1. The number of carbonyl (C=O) groups is 1. The van der Waals surface area contributed by atoms with Gasteiger partial charge in [-0.25, -0.2) is 9.67 Å². The van der Waals surface area contributed by atoms with Crippen molar-refractivity contribution in [3.05, 3.63) is 57.8 Å². The van der Waals surface area contributed by atoms with Gasteiger partial charge in [-0.15, -0.1) is 16.4 Å². The molecule has 4 rings (SSSR count). The van der Waals surface area contributed by atoms with Gasteiger partial charge in [0.05, 0.1) is 16.9 Å². The van der Waals surface area contributed by atoms with E-state index in [1.165, 1.54) is 0 Å². The topological polar surface area (TPSA) is 63.9 Å². The summed E-state index contributed by atoms with van der Waals surface area (Å²) in [6.07, 6.45) is 5.50. The van der Waals surface area contributed by atoms with Gasteiger partial charge in [0.2, 0.25) is 0 Å². The maximum Gasteiger partial charge on any atom is 0.276 e. The number of benzene rings is 1. The van der Waals surface area contributed by atoms with Crippen LogP contribution >= 0.6 is 22.9 Å². The van der Waals surface area contributed by atoms with Crippen LogP contribution in [0, 0.1) is 0 Å². The number of aromatic nitrogens is 4. The molecule has 0 N–H and O–H groups in total. The third-order valence-electron chi connectivity index (χ3n) is 4.29. The summed E-state index contributed by atoms with van der Waals surface area (Å²) in [5, 5.41) is 11.8. The normalized spacial score (nSPS) is 17.6. The van der Waals surface area contributed by atoms with E-state index in [-0.39, 0.29) is 5.91 Å². The molecule has 6 nitrogen and oxygen atoms in total. The van der Waals surface area contributed by atoms with Gasteiger partial charge in [-0.3, -0.25) is 4.79 Å². The van der Waals surface area contributed by atoms with E-state index in [9.17, 15) is 4.79 Å². The average Bonchev–Trinajstić information content (AvgIpc) is 3.33. The van der Waals surface area contributed by atoms with Gasteiger partial charge in [-0.2, -0.15) is 0 Å². The molecule has 0 radical (unpaired) electrons. The molecule has 0 aliphatic carbocycles. The Kier molecular flexibility index (Phi) is 4.50. The highest BCUT2D eigenvalue weighted by Crippen LogP contribution is 2.28. The van der Waals surface area contributed by atoms with Gasteiger partial charge < -0.3 is 4.90 Å². The number of hydrogen-bond donors (Lipinski definition) is 0. The van der Waals surface area contributed by atoms with Crippen LogP contribution in [0.3, 0.4) is 0 Å². The maximum absolute atomic E-state index is 12.8.